The number of rotatable bonds is 13. The van der Waals surface area contributed by atoms with Gasteiger partial charge in [0.25, 0.3) is 0 Å². The summed E-state index contributed by atoms with van der Waals surface area (Å²) in [4.78, 5) is 4.42. The number of ether oxygens (including phenoxy) is 4. The van der Waals surface area contributed by atoms with E-state index in [0.29, 0.717) is 51.0 Å². The number of benzene rings is 1. The second-order valence-corrected chi connectivity index (χ2v) is 5.28. The fourth-order valence-corrected chi connectivity index (χ4v) is 2.17. The van der Waals surface area contributed by atoms with Crippen LogP contribution in [0.4, 0.5) is 8.78 Å². The molecule has 0 aromatic heterocycles. The molecule has 0 bridgehead atoms. The van der Waals surface area contributed by atoms with E-state index in [0.717, 1.165) is 0 Å². The van der Waals surface area contributed by atoms with Gasteiger partial charge in [-0.1, -0.05) is 12.1 Å². The third-order valence-corrected chi connectivity index (χ3v) is 3.29. The molecular formula is C18H29F2N3O4. The lowest BCUT2D eigenvalue weighted by molar-refractivity contribution is -0.0520. The van der Waals surface area contributed by atoms with Crippen molar-refractivity contribution in [1.82, 2.24) is 10.6 Å². The van der Waals surface area contributed by atoms with Gasteiger partial charge in [0.1, 0.15) is 0 Å². The van der Waals surface area contributed by atoms with Gasteiger partial charge >= 0.3 is 6.61 Å². The Morgan fingerprint density at radius 2 is 1.96 bits per heavy atom. The van der Waals surface area contributed by atoms with Gasteiger partial charge in [-0.15, -0.1) is 0 Å². The number of aliphatic imine (C=N–C) groups is 1. The van der Waals surface area contributed by atoms with E-state index in [1.54, 1.807) is 32.2 Å². The quantitative estimate of drug-likeness (QED) is 0.307. The number of para-hydroxylation sites is 1. The normalized spacial score (nSPS) is 11.6. The second kappa shape index (κ2) is 14.0. The van der Waals surface area contributed by atoms with Gasteiger partial charge in [-0.25, -0.2) is 4.99 Å². The van der Waals surface area contributed by atoms with Crippen LogP contribution in [0.3, 0.4) is 0 Å². The summed E-state index contributed by atoms with van der Waals surface area (Å²) in [6, 6.07) is 4.99. The number of nitrogens with one attached hydrogen (secondary N) is 2. The van der Waals surface area contributed by atoms with Crippen LogP contribution in [0.25, 0.3) is 0 Å². The minimum atomic E-state index is -2.94. The van der Waals surface area contributed by atoms with Gasteiger partial charge < -0.3 is 29.6 Å². The summed E-state index contributed by atoms with van der Waals surface area (Å²) in [6.45, 7) is 4.04. The van der Waals surface area contributed by atoms with Crippen LogP contribution < -0.4 is 20.1 Å². The number of alkyl halides is 2. The van der Waals surface area contributed by atoms with E-state index >= 15 is 0 Å². The van der Waals surface area contributed by atoms with Crippen LogP contribution in [-0.2, 0) is 16.0 Å². The zero-order chi connectivity index (χ0) is 19.9. The van der Waals surface area contributed by atoms with E-state index < -0.39 is 6.61 Å². The molecule has 0 radical (unpaired) electrons. The molecule has 1 aromatic rings. The van der Waals surface area contributed by atoms with E-state index in [9.17, 15) is 8.78 Å². The summed E-state index contributed by atoms with van der Waals surface area (Å²) in [5, 5.41) is 6.21. The van der Waals surface area contributed by atoms with Gasteiger partial charge in [-0.2, -0.15) is 8.78 Å². The lowest BCUT2D eigenvalue weighted by Gasteiger charge is -2.15. The van der Waals surface area contributed by atoms with Crippen LogP contribution in [0.1, 0.15) is 19.4 Å². The number of methoxy groups -OCH3 is 1. The number of guanidine groups is 1. The van der Waals surface area contributed by atoms with Gasteiger partial charge in [0, 0.05) is 25.8 Å². The highest BCUT2D eigenvalue weighted by molar-refractivity contribution is 5.79. The maximum absolute atomic E-state index is 12.8. The number of hydrogen-bond donors (Lipinski definition) is 2. The molecule has 27 heavy (non-hydrogen) atoms. The number of halogens is 2. The van der Waals surface area contributed by atoms with Crippen molar-refractivity contribution in [3.8, 4) is 11.5 Å². The zero-order valence-electron chi connectivity index (χ0n) is 16.1. The monoisotopic (exact) mass is 389 g/mol. The summed E-state index contributed by atoms with van der Waals surface area (Å²) >= 11 is 0. The molecule has 7 nitrogen and oxygen atoms in total. The molecule has 0 fully saturated rings. The summed E-state index contributed by atoms with van der Waals surface area (Å²) in [5.41, 5.74) is 0.509. The first-order valence-corrected chi connectivity index (χ1v) is 8.90. The molecule has 1 aromatic carbocycles. The molecular weight excluding hydrogens is 360 g/mol. The van der Waals surface area contributed by atoms with Crippen LogP contribution >= 0.6 is 0 Å². The highest BCUT2D eigenvalue weighted by atomic mass is 19.3. The number of nitrogens with zero attached hydrogens (tertiary/aromatic N) is 1. The van der Waals surface area contributed by atoms with Crippen molar-refractivity contribution in [3.05, 3.63) is 23.8 Å². The van der Waals surface area contributed by atoms with Gasteiger partial charge in [0.05, 0.1) is 33.0 Å². The molecule has 0 atom stereocenters. The summed E-state index contributed by atoms with van der Waals surface area (Å²) in [5.74, 6) is 0.838. The fourth-order valence-electron chi connectivity index (χ4n) is 2.17. The zero-order valence-corrected chi connectivity index (χ0v) is 16.1. The van der Waals surface area contributed by atoms with Crippen molar-refractivity contribution in [2.24, 2.45) is 4.99 Å². The highest BCUT2D eigenvalue weighted by Crippen LogP contribution is 2.33. The maximum atomic E-state index is 12.8. The van der Waals surface area contributed by atoms with E-state index in [1.165, 1.54) is 0 Å². The van der Waals surface area contributed by atoms with E-state index in [4.69, 9.17) is 14.2 Å². The van der Waals surface area contributed by atoms with Gasteiger partial charge in [-0.05, 0) is 19.9 Å². The molecule has 0 unspecified atom stereocenters. The Balaban J connectivity index is 2.75. The van der Waals surface area contributed by atoms with Crippen molar-refractivity contribution < 1.29 is 27.7 Å². The van der Waals surface area contributed by atoms with Crippen molar-refractivity contribution in [3.63, 3.8) is 0 Å². The Labute approximate surface area is 159 Å². The predicted molar refractivity (Wildman–Crippen MR) is 99.8 cm³/mol. The first kappa shape index (κ1) is 22.9. The minimum absolute atomic E-state index is 0.0110. The molecule has 2 N–H and O–H groups in total. The highest BCUT2D eigenvalue weighted by Gasteiger charge is 2.15. The Kier molecular flexibility index (Phi) is 11.9. The summed E-state index contributed by atoms with van der Waals surface area (Å²) in [7, 11) is 1.62. The van der Waals surface area contributed by atoms with Crippen LogP contribution in [0.2, 0.25) is 0 Å². The van der Waals surface area contributed by atoms with Crippen LogP contribution in [0, 0.1) is 0 Å². The van der Waals surface area contributed by atoms with Crippen LogP contribution in [0.15, 0.2) is 23.2 Å². The molecule has 0 saturated carbocycles. The SMILES string of the molecule is CCNC(=NCc1cccc(OCC)c1OC(F)F)NCCOCCOC. The van der Waals surface area contributed by atoms with Crippen molar-refractivity contribution in [2.75, 3.05) is 46.6 Å². The molecule has 0 saturated heterocycles. The summed E-state index contributed by atoms with van der Waals surface area (Å²) in [6.07, 6.45) is 0. The van der Waals surface area contributed by atoms with Crippen molar-refractivity contribution in [2.45, 2.75) is 27.0 Å². The van der Waals surface area contributed by atoms with Crippen LogP contribution in [-0.4, -0.2) is 59.2 Å². The summed E-state index contributed by atoms with van der Waals surface area (Å²) < 4.78 is 45.9. The molecule has 1 rings (SSSR count). The van der Waals surface area contributed by atoms with Crippen molar-refractivity contribution >= 4 is 5.96 Å². The fraction of sp³-hybridized carbons (Fsp3) is 0.611. The minimum Gasteiger partial charge on any atom is -0.490 e. The average molecular weight is 389 g/mol. The first-order chi connectivity index (χ1) is 13.1. The smallest absolute Gasteiger partial charge is 0.387 e. The lowest BCUT2D eigenvalue weighted by atomic mass is 10.2. The van der Waals surface area contributed by atoms with E-state index in [2.05, 4.69) is 20.4 Å². The third-order valence-electron chi connectivity index (χ3n) is 3.29. The second-order valence-electron chi connectivity index (χ2n) is 5.28. The Morgan fingerprint density at radius 1 is 1.15 bits per heavy atom. The molecule has 9 heteroatoms. The van der Waals surface area contributed by atoms with Gasteiger partial charge in [-0.3, -0.25) is 0 Å². The van der Waals surface area contributed by atoms with Crippen LogP contribution in [0.5, 0.6) is 11.5 Å². The molecule has 154 valence electrons. The number of hydrogen-bond acceptors (Lipinski definition) is 5. The third kappa shape index (κ3) is 9.39. The molecule has 0 aliphatic rings. The van der Waals surface area contributed by atoms with Gasteiger partial charge in [0.2, 0.25) is 0 Å². The first-order valence-electron chi connectivity index (χ1n) is 8.90. The molecule has 0 spiro atoms. The molecule has 0 aliphatic heterocycles. The standard InChI is InChI=1S/C18H29F2N3O4/c1-4-21-18(22-9-10-25-12-11-24-3)23-13-14-7-6-8-15(26-5-2)16(14)27-17(19)20/h6-8,17H,4-5,9-13H2,1-3H3,(H2,21,22,23). The molecule has 0 amide bonds. The maximum Gasteiger partial charge on any atom is 0.387 e. The lowest BCUT2D eigenvalue weighted by Crippen LogP contribution is -2.39. The van der Waals surface area contributed by atoms with Crippen molar-refractivity contribution in [1.29, 1.82) is 0 Å². The Morgan fingerprint density at radius 3 is 2.63 bits per heavy atom. The molecule has 0 aliphatic carbocycles. The molecule has 0 heterocycles. The predicted octanol–water partition coefficient (Wildman–Crippen LogP) is 2.40. The Hall–Kier alpha value is -2.13. The van der Waals surface area contributed by atoms with E-state index in [-0.39, 0.29) is 18.0 Å². The average Bonchev–Trinajstić information content (AvgIpc) is 2.64. The van der Waals surface area contributed by atoms with E-state index in [1.807, 2.05) is 6.92 Å². The largest absolute Gasteiger partial charge is 0.490 e. The van der Waals surface area contributed by atoms with Gasteiger partial charge in [0.15, 0.2) is 17.5 Å². The Bertz CT molecular complexity index is 559. The topological polar surface area (TPSA) is 73.3 Å².